The van der Waals surface area contributed by atoms with Gasteiger partial charge in [-0.3, -0.25) is 0 Å². The van der Waals surface area contributed by atoms with Crippen molar-refractivity contribution < 1.29 is 17.6 Å². The Kier molecular flexibility index (Phi) is 15.4. The van der Waals surface area contributed by atoms with Crippen LogP contribution in [0, 0.1) is 37.1 Å². The lowest BCUT2D eigenvalue weighted by atomic mass is 9.64. The average molecular weight is 1170 g/mol. The monoisotopic (exact) mass is 1170 g/mol. The van der Waals surface area contributed by atoms with Crippen LogP contribution in [0.1, 0.15) is 101 Å². The molecule has 0 radical (unpaired) electrons. The lowest BCUT2D eigenvalue weighted by Gasteiger charge is -2.39. The van der Waals surface area contributed by atoms with Crippen LogP contribution in [-0.4, -0.2) is 0 Å². The van der Waals surface area contributed by atoms with Gasteiger partial charge in [0.2, 0.25) is 0 Å². The minimum atomic E-state index is -0.971. The SMILES string of the molecule is C=Cc1ccc(C2(C3=C(C)CCC(C)=C3)/C(=C/C(=C\CC)N(c3ccc(-c4ccc(N(c5ccc6c(c5)C(c5ccc(C=C)cc5)(c5cc(C)ccc5C)c5ccccc5-6)c5cccc(F)c5F)cc4)cc3)c3cccc(F)c3F)Cc3ccccc32)cc1. The van der Waals surface area contributed by atoms with Gasteiger partial charge in [0.25, 0.3) is 0 Å². The van der Waals surface area contributed by atoms with Crippen LogP contribution in [0.2, 0.25) is 0 Å². The Morgan fingerprint density at radius 3 is 1.73 bits per heavy atom. The first kappa shape index (κ1) is 58.0. The molecule has 2 unspecified atom stereocenters. The highest BCUT2D eigenvalue weighted by molar-refractivity contribution is 5.90. The van der Waals surface area contributed by atoms with E-state index in [1.807, 2.05) is 71.6 Å². The third-order valence-electron chi connectivity index (χ3n) is 18.6. The molecule has 0 saturated heterocycles. The maximum absolute atomic E-state index is 16.7. The van der Waals surface area contributed by atoms with Crippen LogP contribution >= 0.6 is 0 Å². The summed E-state index contributed by atoms with van der Waals surface area (Å²) in [4.78, 5) is 3.63. The second-order valence-corrected chi connectivity index (χ2v) is 23.9. The summed E-state index contributed by atoms with van der Waals surface area (Å²) in [5.74, 6) is -3.83. The van der Waals surface area contributed by atoms with Gasteiger partial charge in [-0.2, -0.15) is 0 Å². The molecule has 2 atom stereocenters. The maximum atomic E-state index is 16.7. The molecule has 13 rings (SSSR count). The lowest BCUT2D eigenvalue weighted by molar-refractivity contribution is 0.509. The predicted octanol–water partition coefficient (Wildman–Crippen LogP) is 22.6. The molecule has 3 aliphatic carbocycles. The highest BCUT2D eigenvalue weighted by Crippen LogP contribution is 2.59. The minimum absolute atomic E-state index is 0.0577. The molecule has 10 aromatic carbocycles. The van der Waals surface area contributed by atoms with Crippen LogP contribution in [0.25, 0.3) is 34.4 Å². The van der Waals surface area contributed by atoms with Crippen molar-refractivity contribution >= 4 is 40.6 Å². The van der Waals surface area contributed by atoms with E-state index in [0.717, 1.165) is 103 Å². The van der Waals surface area contributed by atoms with E-state index < -0.39 is 34.1 Å². The van der Waals surface area contributed by atoms with Gasteiger partial charge in [0.15, 0.2) is 23.3 Å². The number of halogens is 4. The standard InChI is InChI=1S/C83H68F4N2/c1-8-17-67(51-64-50-61-18-11-13-20-71(61)82(64,62-38-30-57(9-2)31-39-62)73-48-53(4)26-28-55(73)6)88(78-24-15-22-76(84)80(78)86)65-42-34-59(35-43-65)60-36-44-66(45-37-60)89(79-25-16-23-77(85)81(79)87)68-46-47-70-69-19-12-14-21-72(69)83(75(70)52-68,63-40-32-58(10-3)33-41-63)74-49-54(5)27-29-56(74)7/h9-25,27,29-49,51-52H,2-3,8,26,28,50H2,1,4-7H3/b64-51+,67-17+. The molecule has 438 valence electrons. The fourth-order valence-corrected chi connectivity index (χ4v) is 14.3. The van der Waals surface area contributed by atoms with Gasteiger partial charge < -0.3 is 9.80 Å². The van der Waals surface area contributed by atoms with Gasteiger partial charge >= 0.3 is 0 Å². The third-order valence-corrected chi connectivity index (χ3v) is 18.6. The highest BCUT2D eigenvalue weighted by atomic mass is 19.2. The van der Waals surface area contributed by atoms with Crippen LogP contribution in [-0.2, 0) is 17.3 Å². The second-order valence-electron chi connectivity index (χ2n) is 23.9. The number of allylic oxidation sites excluding steroid dienone is 7. The van der Waals surface area contributed by atoms with Gasteiger partial charge in [-0.1, -0.05) is 219 Å². The maximum Gasteiger partial charge on any atom is 0.182 e. The van der Waals surface area contributed by atoms with Crippen molar-refractivity contribution in [3.05, 3.63) is 362 Å². The molecule has 3 aliphatic rings. The summed E-state index contributed by atoms with van der Waals surface area (Å²) < 4.78 is 64.7. The molecule has 0 amide bonds. The summed E-state index contributed by atoms with van der Waals surface area (Å²) in [5.41, 5.74) is 22.3. The number of fused-ring (bicyclic) bond motifs is 4. The number of anilines is 5. The van der Waals surface area contributed by atoms with E-state index in [-0.39, 0.29) is 11.4 Å². The molecule has 0 fully saturated rings. The number of nitrogens with zero attached hydrogens (tertiary/aromatic N) is 2. The molecule has 0 bridgehead atoms. The summed E-state index contributed by atoms with van der Waals surface area (Å²) in [6, 6.07) is 71.7. The third kappa shape index (κ3) is 9.83. The Hall–Kier alpha value is -10.0. The molecular weight excluding hydrogens is 1100 g/mol. The van der Waals surface area contributed by atoms with Crippen LogP contribution in [0.15, 0.2) is 278 Å². The zero-order chi connectivity index (χ0) is 61.7. The van der Waals surface area contributed by atoms with Crippen molar-refractivity contribution in [3.63, 3.8) is 0 Å². The smallest absolute Gasteiger partial charge is 0.182 e. The molecule has 0 spiro atoms. The van der Waals surface area contributed by atoms with Crippen molar-refractivity contribution in [1.82, 2.24) is 0 Å². The van der Waals surface area contributed by atoms with Crippen LogP contribution in [0.4, 0.5) is 46.0 Å². The van der Waals surface area contributed by atoms with Gasteiger partial charge in [-0.15, -0.1) is 0 Å². The Morgan fingerprint density at radius 1 is 0.506 bits per heavy atom. The minimum Gasteiger partial charge on any atom is -0.308 e. The summed E-state index contributed by atoms with van der Waals surface area (Å²) in [7, 11) is 0. The van der Waals surface area contributed by atoms with E-state index in [0.29, 0.717) is 35.6 Å². The van der Waals surface area contributed by atoms with E-state index in [1.54, 1.807) is 23.1 Å². The van der Waals surface area contributed by atoms with E-state index >= 15 is 17.6 Å². The molecule has 0 heterocycles. The molecule has 0 saturated carbocycles. The van der Waals surface area contributed by atoms with Gasteiger partial charge in [0.1, 0.15) is 0 Å². The number of hydrogen-bond donors (Lipinski definition) is 0. The molecule has 6 heteroatoms. The molecule has 0 N–H and O–H groups in total. The summed E-state index contributed by atoms with van der Waals surface area (Å²) in [5, 5.41) is 0. The molecule has 2 nitrogen and oxygen atoms in total. The van der Waals surface area contributed by atoms with Crippen molar-refractivity contribution in [2.45, 2.75) is 71.1 Å². The lowest BCUT2D eigenvalue weighted by Crippen LogP contribution is -2.32. The zero-order valence-electron chi connectivity index (χ0n) is 50.8. The van der Waals surface area contributed by atoms with E-state index in [9.17, 15) is 0 Å². The Bertz CT molecular complexity index is 4560. The first-order valence-electron chi connectivity index (χ1n) is 30.6. The Morgan fingerprint density at radius 2 is 1.08 bits per heavy atom. The first-order chi connectivity index (χ1) is 43.3. The van der Waals surface area contributed by atoms with Crippen molar-refractivity contribution in [2.24, 2.45) is 0 Å². The molecule has 0 aromatic heterocycles. The summed E-state index contributed by atoms with van der Waals surface area (Å²) >= 11 is 0. The Balaban J connectivity index is 0.924. The second kappa shape index (κ2) is 23.6. The topological polar surface area (TPSA) is 6.48 Å². The predicted molar refractivity (Wildman–Crippen MR) is 361 cm³/mol. The van der Waals surface area contributed by atoms with Crippen LogP contribution in [0.3, 0.4) is 0 Å². The number of rotatable bonds is 15. The highest BCUT2D eigenvalue weighted by Gasteiger charge is 2.49. The van der Waals surface area contributed by atoms with Crippen molar-refractivity contribution in [3.8, 4) is 22.3 Å². The average Bonchev–Trinajstić information content (AvgIpc) is 1.58. The summed E-state index contributed by atoms with van der Waals surface area (Å²) in [6.07, 6.45) is 13.6. The fraction of sp³-hybridized carbons (Fsp3) is 0.133. The zero-order valence-corrected chi connectivity index (χ0v) is 50.8. The molecular formula is C83H68F4N2. The largest absolute Gasteiger partial charge is 0.308 e. The van der Waals surface area contributed by atoms with Gasteiger partial charge in [0.05, 0.1) is 22.2 Å². The van der Waals surface area contributed by atoms with E-state index in [1.165, 1.54) is 33.9 Å². The first-order valence-corrected chi connectivity index (χ1v) is 30.6. The van der Waals surface area contributed by atoms with Crippen molar-refractivity contribution in [2.75, 3.05) is 9.80 Å². The quantitative estimate of drug-likeness (QED) is 0.0944. The molecule has 10 aromatic rings. The van der Waals surface area contributed by atoms with E-state index in [4.69, 9.17) is 0 Å². The Labute approximate surface area is 520 Å². The van der Waals surface area contributed by atoms with Crippen molar-refractivity contribution in [1.29, 1.82) is 0 Å². The summed E-state index contributed by atoms with van der Waals surface area (Å²) in [6.45, 7) is 18.9. The number of aryl methyl sites for hydroxylation is 2. The fourth-order valence-electron chi connectivity index (χ4n) is 14.3. The number of hydrogen-bond acceptors (Lipinski definition) is 2. The normalized spacial score (nSPS) is 17.2. The number of benzene rings is 10. The van der Waals surface area contributed by atoms with Gasteiger partial charge in [0, 0.05) is 22.8 Å². The molecule has 89 heavy (non-hydrogen) atoms. The van der Waals surface area contributed by atoms with Crippen LogP contribution in [0.5, 0.6) is 0 Å². The van der Waals surface area contributed by atoms with Crippen LogP contribution < -0.4 is 9.80 Å². The molecule has 0 aliphatic heterocycles. The van der Waals surface area contributed by atoms with Gasteiger partial charge in [-0.05, 0) is 209 Å². The van der Waals surface area contributed by atoms with Gasteiger partial charge in [-0.25, -0.2) is 17.6 Å². The van der Waals surface area contributed by atoms with E-state index in [2.05, 4.69) is 193 Å².